The van der Waals surface area contributed by atoms with Crippen LogP contribution in [0.15, 0.2) is 35.2 Å². The van der Waals surface area contributed by atoms with Crippen molar-refractivity contribution in [3.63, 3.8) is 0 Å². The summed E-state index contributed by atoms with van der Waals surface area (Å²) in [5.74, 6) is 0. The first-order valence-corrected chi connectivity index (χ1v) is 5.49. The Bertz CT molecular complexity index is 320. The van der Waals surface area contributed by atoms with Gasteiger partial charge in [-0.05, 0) is 12.1 Å². The number of rotatable bonds is 2. The predicted molar refractivity (Wildman–Crippen MR) is 42.3 cm³/mol. The SMILES string of the molecule is O=S(=O)(F)Sc1ccccc1. The highest BCUT2D eigenvalue weighted by Gasteiger charge is 2.08. The topological polar surface area (TPSA) is 34.1 Å². The Morgan fingerprint density at radius 1 is 1.18 bits per heavy atom. The molecule has 0 fully saturated rings. The quantitative estimate of drug-likeness (QED) is 0.531. The molecule has 0 aliphatic rings. The lowest BCUT2D eigenvalue weighted by molar-refractivity contribution is 0.570. The number of benzene rings is 1. The molecular formula is C6H5FO2S2. The van der Waals surface area contributed by atoms with Crippen molar-refractivity contribution in [2.45, 2.75) is 4.90 Å². The summed E-state index contributed by atoms with van der Waals surface area (Å²) < 4.78 is 32.2. The normalized spacial score (nSPS) is 11.4. The minimum Gasteiger partial charge on any atom is -0.182 e. The smallest absolute Gasteiger partial charge is 0.182 e. The van der Waals surface area contributed by atoms with Crippen molar-refractivity contribution in [3.8, 4) is 0 Å². The van der Waals surface area contributed by atoms with Crippen molar-refractivity contribution in [2.24, 2.45) is 0 Å². The number of hydrogen-bond donors (Lipinski definition) is 0. The second kappa shape index (κ2) is 3.23. The second-order valence-electron chi connectivity index (χ2n) is 1.79. The molecule has 0 N–H and O–H groups in total. The zero-order valence-electron chi connectivity index (χ0n) is 5.40. The minimum atomic E-state index is -4.46. The van der Waals surface area contributed by atoms with E-state index in [1.54, 1.807) is 18.2 Å². The maximum atomic E-state index is 12.0. The molecule has 0 aromatic heterocycles. The average molecular weight is 192 g/mol. The van der Waals surface area contributed by atoms with Gasteiger partial charge in [-0.2, -0.15) is 8.42 Å². The Hall–Kier alpha value is -0.550. The molecule has 5 heteroatoms. The fraction of sp³-hybridized carbons (Fsp3) is 0. The third kappa shape index (κ3) is 3.38. The van der Waals surface area contributed by atoms with Crippen LogP contribution in [0.4, 0.5) is 3.89 Å². The van der Waals surface area contributed by atoms with Crippen molar-refractivity contribution in [1.29, 1.82) is 0 Å². The molecule has 0 radical (unpaired) electrons. The van der Waals surface area contributed by atoms with Crippen LogP contribution in [0.5, 0.6) is 0 Å². The number of hydrogen-bond acceptors (Lipinski definition) is 3. The van der Waals surface area contributed by atoms with Crippen molar-refractivity contribution in [1.82, 2.24) is 0 Å². The number of halogens is 1. The lowest BCUT2D eigenvalue weighted by atomic mass is 10.4. The van der Waals surface area contributed by atoms with Crippen LogP contribution in [0.25, 0.3) is 0 Å². The van der Waals surface area contributed by atoms with Gasteiger partial charge in [0.25, 0.3) is 0 Å². The van der Waals surface area contributed by atoms with Crippen LogP contribution in [0, 0.1) is 0 Å². The van der Waals surface area contributed by atoms with Crippen molar-refractivity contribution < 1.29 is 12.3 Å². The van der Waals surface area contributed by atoms with E-state index in [4.69, 9.17) is 0 Å². The van der Waals surface area contributed by atoms with Gasteiger partial charge < -0.3 is 0 Å². The molecule has 1 aromatic rings. The van der Waals surface area contributed by atoms with Crippen LogP contribution >= 0.6 is 10.8 Å². The molecule has 0 heterocycles. The van der Waals surface area contributed by atoms with Gasteiger partial charge >= 0.3 is 9.26 Å². The zero-order valence-corrected chi connectivity index (χ0v) is 7.03. The molecule has 0 spiro atoms. The summed E-state index contributed by atoms with van der Waals surface area (Å²) in [6.45, 7) is 0. The Balaban J connectivity index is 2.82. The Labute approximate surface area is 68.0 Å². The fourth-order valence-corrected chi connectivity index (χ4v) is 2.11. The third-order valence-corrected chi connectivity index (χ3v) is 2.78. The zero-order chi connectivity index (χ0) is 8.32. The van der Waals surface area contributed by atoms with E-state index in [2.05, 4.69) is 0 Å². The lowest BCUT2D eigenvalue weighted by Crippen LogP contribution is -1.80. The van der Waals surface area contributed by atoms with Crippen LogP contribution in [0.1, 0.15) is 0 Å². The van der Waals surface area contributed by atoms with Crippen molar-refractivity contribution in [3.05, 3.63) is 30.3 Å². The first-order valence-electron chi connectivity index (χ1n) is 2.77. The van der Waals surface area contributed by atoms with Gasteiger partial charge in [0.1, 0.15) is 0 Å². The summed E-state index contributed by atoms with van der Waals surface area (Å²) in [7, 11) is -4.25. The molecule has 11 heavy (non-hydrogen) atoms. The molecular weight excluding hydrogens is 187 g/mol. The monoisotopic (exact) mass is 192 g/mol. The van der Waals surface area contributed by atoms with Gasteiger partial charge in [-0.25, -0.2) is 0 Å². The first kappa shape index (κ1) is 8.55. The van der Waals surface area contributed by atoms with Gasteiger partial charge in [-0.3, -0.25) is 0 Å². The Kier molecular flexibility index (Phi) is 2.51. The lowest BCUT2D eigenvalue weighted by Gasteiger charge is -1.92. The van der Waals surface area contributed by atoms with Crippen LogP contribution in [0.3, 0.4) is 0 Å². The molecule has 0 bridgehead atoms. The molecule has 0 amide bonds. The summed E-state index contributed by atoms with van der Waals surface area (Å²) in [6, 6.07) is 8.08. The van der Waals surface area contributed by atoms with E-state index in [9.17, 15) is 12.3 Å². The molecule has 0 saturated carbocycles. The van der Waals surface area contributed by atoms with E-state index >= 15 is 0 Å². The van der Waals surface area contributed by atoms with Crippen molar-refractivity contribution >= 4 is 20.0 Å². The largest absolute Gasteiger partial charge is 0.362 e. The van der Waals surface area contributed by atoms with Gasteiger partial charge in [0, 0.05) is 15.7 Å². The van der Waals surface area contributed by atoms with Crippen molar-refractivity contribution in [2.75, 3.05) is 0 Å². The molecule has 1 aromatic carbocycles. The van der Waals surface area contributed by atoms with Gasteiger partial charge in [0.2, 0.25) is 0 Å². The van der Waals surface area contributed by atoms with E-state index in [-0.39, 0.29) is 10.8 Å². The molecule has 1 rings (SSSR count). The van der Waals surface area contributed by atoms with E-state index in [1.807, 2.05) is 0 Å². The summed E-state index contributed by atoms with van der Waals surface area (Å²) in [6.07, 6.45) is 0. The van der Waals surface area contributed by atoms with Crippen LogP contribution in [-0.2, 0) is 9.26 Å². The third-order valence-electron chi connectivity index (χ3n) is 0.939. The van der Waals surface area contributed by atoms with E-state index in [0.717, 1.165) is 0 Å². The summed E-state index contributed by atoms with van der Waals surface area (Å²) in [5, 5.41) is 0. The maximum Gasteiger partial charge on any atom is 0.362 e. The Morgan fingerprint density at radius 3 is 2.18 bits per heavy atom. The Morgan fingerprint density at radius 2 is 1.73 bits per heavy atom. The van der Waals surface area contributed by atoms with Gasteiger partial charge in [0.15, 0.2) is 0 Å². The van der Waals surface area contributed by atoms with Gasteiger partial charge in [0.05, 0.1) is 0 Å². The van der Waals surface area contributed by atoms with Crippen LogP contribution in [-0.4, -0.2) is 8.42 Å². The predicted octanol–water partition coefficient (Wildman–Crippen LogP) is 1.99. The molecule has 0 atom stereocenters. The van der Waals surface area contributed by atoms with E-state index in [0.29, 0.717) is 4.90 Å². The molecule has 0 unspecified atom stereocenters. The molecule has 60 valence electrons. The molecule has 0 aliphatic heterocycles. The summed E-state index contributed by atoms with van der Waals surface area (Å²) in [4.78, 5) is 0.384. The second-order valence-corrected chi connectivity index (χ2v) is 4.91. The van der Waals surface area contributed by atoms with Crippen LogP contribution in [0.2, 0.25) is 0 Å². The van der Waals surface area contributed by atoms with Crippen LogP contribution < -0.4 is 0 Å². The molecule has 0 saturated heterocycles. The molecule has 0 aliphatic carbocycles. The minimum absolute atomic E-state index is 0.206. The summed E-state index contributed by atoms with van der Waals surface area (Å²) >= 11 is 0. The highest BCUT2D eigenvalue weighted by Crippen LogP contribution is 2.24. The van der Waals surface area contributed by atoms with Gasteiger partial charge in [-0.15, -0.1) is 0 Å². The summed E-state index contributed by atoms with van der Waals surface area (Å²) in [5.41, 5.74) is 0. The average Bonchev–Trinajstić information content (AvgIpc) is 1.85. The van der Waals surface area contributed by atoms with E-state index in [1.165, 1.54) is 12.1 Å². The first-order chi connectivity index (χ1) is 5.08. The van der Waals surface area contributed by atoms with E-state index < -0.39 is 9.26 Å². The standard InChI is InChI=1S/C6H5FO2S2/c7-11(8,9)10-6-4-2-1-3-5-6/h1-5H. The molecule has 2 nitrogen and oxygen atoms in total. The maximum absolute atomic E-state index is 12.0. The van der Waals surface area contributed by atoms with Gasteiger partial charge in [-0.1, -0.05) is 22.1 Å². The highest BCUT2D eigenvalue weighted by molar-refractivity contribution is 8.70. The fourth-order valence-electron chi connectivity index (χ4n) is 0.591. The highest BCUT2D eigenvalue weighted by atomic mass is 33.2.